The molecule has 4 unspecified atom stereocenters. The van der Waals surface area contributed by atoms with Crippen molar-refractivity contribution in [1.29, 1.82) is 0 Å². The van der Waals surface area contributed by atoms with Crippen LogP contribution in [-0.4, -0.2) is 105 Å². The fourth-order valence-electron chi connectivity index (χ4n) is 3.07. The third-order valence-corrected chi connectivity index (χ3v) is 4.77. The summed E-state index contributed by atoms with van der Waals surface area (Å²) in [4.78, 5) is 11.5. The van der Waals surface area contributed by atoms with Crippen LogP contribution in [0.3, 0.4) is 0 Å². The molecule has 1 amide bonds. The summed E-state index contributed by atoms with van der Waals surface area (Å²) >= 11 is 0. The molecule has 2 saturated heterocycles. The van der Waals surface area contributed by atoms with Gasteiger partial charge in [0.05, 0.1) is 12.5 Å². The number of hydrogen-bond acceptors (Lipinski definition) is 10. The molecule has 0 aromatic carbocycles. The van der Waals surface area contributed by atoms with E-state index < -0.39 is 67.3 Å². The van der Waals surface area contributed by atoms with E-state index in [0.717, 1.165) is 0 Å². The molecule has 28 heavy (non-hydrogen) atoms. The van der Waals surface area contributed by atoms with E-state index in [9.17, 15) is 35.4 Å². The van der Waals surface area contributed by atoms with Crippen LogP contribution in [0.4, 0.5) is 0 Å². The molecule has 0 radical (unpaired) electrons. The Morgan fingerprint density at radius 1 is 0.929 bits per heavy atom. The van der Waals surface area contributed by atoms with E-state index in [1.165, 1.54) is 0 Å². The molecule has 2 rings (SSSR count). The largest absolute Gasteiger partial charge is 0.388 e. The highest BCUT2D eigenvalue weighted by Gasteiger charge is 2.49. The SMILES string of the molecule is C#CCC(=O)NCC1O[C@H](O[C@H]2OC(CC)[C@@H](O)C(O)[C@H]2O)C(O)[C@@H](O)[C@@H]1O. The van der Waals surface area contributed by atoms with Crippen molar-refractivity contribution in [1.82, 2.24) is 5.32 Å². The maximum atomic E-state index is 11.5. The first-order valence-corrected chi connectivity index (χ1v) is 8.96. The molecule has 0 aromatic heterocycles. The molecule has 0 spiro atoms. The molecule has 2 fully saturated rings. The number of carbonyl (C=O) groups excluding carboxylic acids is 1. The van der Waals surface area contributed by atoms with E-state index in [0.29, 0.717) is 6.42 Å². The molecule has 0 aromatic rings. The van der Waals surface area contributed by atoms with Crippen molar-refractivity contribution in [2.45, 2.75) is 81.2 Å². The quantitative estimate of drug-likeness (QED) is 0.217. The smallest absolute Gasteiger partial charge is 0.232 e. The number of hydrogen-bond donors (Lipinski definition) is 7. The van der Waals surface area contributed by atoms with E-state index in [1.54, 1.807) is 6.92 Å². The van der Waals surface area contributed by atoms with Gasteiger partial charge in [-0.1, -0.05) is 12.8 Å². The van der Waals surface area contributed by atoms with Gasteiger partial charge in [0.25, 0.3) is 0 Å². The lowest BCUT2D eigenvalue weighted by atomic mass is 9.97. The Hall–Kier alpha value is -1.33. The summed E-state index contributed by atoms with van der Waals surface area (Å²) in [5.41, 5.74) is 0. The number of aliphatic hydroxyl groups is 6. The summed E-state index contributed by atoms with van der Waals surface area (Å²) in [6, 6.07) is 0. The van der Waals surface area contributed by atoms with Crippen molar-refractivity contribution in [3.63, 3.8) is 0 Å². The monoisotopic (exact) mass is 405 g/mol. The van der Waals surface area contributed by atoms with Gasteiger partial charge in [0.15, 0.2) is 12.6 Å². The van der Waals surface area contributed by atoms with Gasteiger partial charge in [0.1, 0.15) is 42.7 Å². The zero-order valence-corrected chi connectivity index (χ0v) is 15.3. The van der Waals surface area contributed by atoms with E-state index in [4.69, 9.17) is 20.6 Å². The third kappa shape index (κ3) is 4.98. The number of rotatable bonds is 6. The van der Waals surface area contributed by atoms with Crippen LogP contribution in [-0.2, 0) is 19.0 Å². The van der Waals surface area contributed by atoms with Crippen LogP contribution in [0.5, 0.6) is 0 Å². The van der Waals surface area contributed by atoms with Crippen LogP contribution in [0.1, 0.15) is 19.8 Å². The molecule has 0 aliphatic carbocycles. The highest BCUT2D eigenvalue weighted by Crippen LogP contribution is 2.28. The lowest BCUT2D eigenvalue weighted by Gasteiger charge is -2.45. The minimum atomic E-state index is -1.70. The maximum absolute atomic E-state index is 11.5. The van der Waals surface area contributed by atoms with Gasteiger partial charge in [-0.05, 0) is 6.42 Å². The van der Waals surface area contributed by atoms with Crippen LogP contribution in [0.15, 0.2) is 0 Å². The summed E-state index contributed by atoms with van der Waals surface area (Å²) < 4.78 is 16.2. The van der Waals surface area contributed by atoms with Crippen molar-refractivity contribution in [3.8, 4) is 12.3 Å². The number of ether oxygens (including phenoxy) is 3. The van der Waals surface area contributed by atoms with Crippen LogP contribution in [0.2, 0.25) is 0 Å². The van der Waals surface area contributed by atoms with Gasteiger partial charge in [0, 0.05) is 6.54 Å². The Kier molecular flexibility index (Phi) is 8.14. The molecule has 11 nitrogen and oxygen atoms in total. The van der Waals surface area contributed by atoms with Crippen LogP contribution in [0.25, 0.3) is 0 Å². The van der Waals surface area contributed by atoms with Gasteiger partial charge in [-0.2, -0.15) is 0 Å². The third-order valence-electron chi connectivity index (χ3n) is 4.77. The van der Waals surface area contributed by atoms with Crippen LogP contribution in [0, 0.1) is 12.3 Å². The summed E-state index contributed by atoms with van der Waals surface area (Å²) in [5, 5.41) is 62.5. The van der Waals surface area contributed by atoms with E-state index in [1.807, 2.05) is 0 Å². The molecule has 0 saturated carbocycles. The van der Waals surface area contributed by atoms with Gasteiger partial charge in [-0.3, -0.25) is 4.79 Å². The molecule has 2 heterocycles. The molecule has 2 aliphatic rings. The van der Waals surface area contributed by atoms with Gasteiger partial charge in [0.2, 0.25) is 5.91 Å². The Balaban J connectivity index is 2.04. The number of nitrogens with one attached hydrogen (secondary N) is 1. The fraction of sp³-hybridized carbons (Fsp3) is 0.824. The summed E-state index contributed by atoms with van der Waals surface area (Å²) in [6.45, 7) is 1.47. The molecule has 11 heteroatoms. The lowest BCUT2D eigenvalue weighted by molar-refractivity contribution is -0.373. The molecule has 0 bridgehead atoms. The van der Waals surface area contributed by atoms with E-state index in [2.05, 4.69) is 11.2 Å². The minimum absolute atomic E-state index is 0.186. The first kappa shape index (κ1) is 23.0. The second-order valence-corrected chi connectivity index (χ2v) is 6.76. The number of carbonyl (C=O) groups is 1. The highest BCUT2D eigenvalue weighted by molar-refractivity contribution is 5.78. The lowest BCUT2D eigenvalue weighted by Crippen LogP contribution is -2.64. The topological polar surface area (TPSA) is 178 Å². The van der Waals surface area contributed by atoms with Crippen molar-refractivity contribution in [3.05, 3.63) is 0 Å². The van der Waals surface area contributed by atoms with E-state index in [-0.39, 0.29) is 13.0 Å². The van der Waals surface area contributed by atoms with Crippen molar-refractivity contribution >= 4 is 5.91 Å². The van der Waals surface area contributed by atoms with Gasteiger partial charge < -0.3 is 50.2 Å². The standard InChI is InChI=1S/C17H27NO10/c1-3-5-9(19)18-6-8-11(21)13(23)15(25)17(27-8)28-16-14(24)12(22)10(20)7(4-2)26-16/h1,7-8,10-17,20-25H,4-6H2,2H3,(H,18,19)/t7?,8?,10-,11-,12?,13+,14-,15?,16-,17-/m1/s1. The maximum Gasteiger partial charge on any atom is 0.232 e. The molecular weight excluding hydrogens is 378 g/mol. The Bertz CT molecular complexity index is 567. The average molecular weight is 405 g/mol. The molecular formula is C17H27NO10. The summed E-state index contributed by atoms with van der Waals surface area (Å²) in [7, 11) is 0. The van der Waals surface area contributed by atoms with Crippen molar-refractivity contribution in [2.24, 2.45) is 0 Å². The Labute approximate surface area is 161 Å². The number of aliphatic hydroxyl groups excluding tert-OH is 6. The van der Waals surface area contributed by atoms with E-state index >= 15 is 0 Å². The fourth-order valence-corrected chi connectivity index (χ4v) is 3.07. The van der Waals surface area contributed by atoms with Gasteiger partial charge in [-0.25, -0.2) is 0 Å². The molecule has 160 valence electrons. The van der Waals surface area contributed by atoms with Crippen molar-refractivity contribution < 1.29 is 49.6 Å². The number of amides is 1. The zero-order chi connectivity index (χ0) is 21.0. The van der Waals surface area contributed by atoms with Gasteiger partial charge in [-0.15, -0.1) is 6.42 Å². The van der Waals surface area contributed by atoms with Crippen LogP contribution < -0.4 is 5.32 Å². The second-order valence-electron chi connectivity index (χ2n) is 6.76. The van der Waals surface area contributed by atoms with Gasteiger partial charge >= 0.3 is 0 Å². The van der Waals surface area contributed by atoms with Crippen LogP contribution >= 0.6 is 0 Å². The average Bonchev–Trinajstić information content (AvgIpc) is 2.67. The zero-order valence-electron chi connectivity index (χ0n) is 15.3. The molecule has 10 atom stereocenters. The minimum Gasteiger partial charge on any atom is -0.388 e. The Morgan fingerprint density at radius 2 is 1.43 bits per heavy atom. The molecule has 2 aliphatic heterocycles. The highest BCUT2D eigenvalue weighted by atomic mass is 16.8. The summed E-state index contributed by atoms with van der Waals surface area (Å²) in [6.07, 6.45) is -9.29. The predicted octanol–water partition coefficient (Wildman–Crippen LogP) is -3.83. The Morgan fingerprint density at radius 3 is 1.93 bits per heavy atom. The summed E-state index contributed by atoms with van der Waals surface area (Å²) in [5.74, 6) is 1.65. The first-order chi connectivity index (χ1) is 13.2. The number of terminal acetylenes is 1. The van der Waals surface area contributed by atoms with Crippen molar-refractivity contribution in [2.75, 3.05) is 6.54 Å². The molecule has 7 N–H and O–H groups in total. The normalized spacial score (nSPS) is 43.9. The second kappa shape index (κ2) is 9.93. The first-order valence-electron chi connectivity index (χ1n) is 8.96. The predicted molar refractivity (Wildman–Crippen MR) is 91.2 cm³/mol.